The van der Waals surface area contributed by atoms with E-state index >= 15 is 0 Å². The number of rotatable bonds is 4. The van der Waals surface area contributed by atoms with E-state index in [0.717, 1.165) is 5.56 Å². The van der Waals surface area contributed by atoms with Crippen molar-refractivity contribution in [1.29, 1.82) is 0 Å². The summed E-state index contributed by atoms with van der Waals surface area (Å²) in [6, 6.07) is 10.6. The molecule has 0 saturated heterocycles. The summed E-state index contributed by atoms with van der Waals surface area (Å²) in [5, 5.41) is 10.8. The lowest BCUT2D eigenvalue weighted by Gasteiger charge is -2.09. The second-order valence-electron chi connectivity index (χ2n) is 4.07. The molecule has 0 aliphatic carbocycles. The van der Waals surface area contributed by atoms with Gasteiger partial charge in [0, 0.05) is 6.07 Å². The number of hydrogen-bond acceptors (Lipinski definition) is 3. The van der Waals surface area contributed by atoms with Gasteiger partial charge in [-0.2, -0.15) is 0 Å². The normalized spacial score (nSPS) is 10.2. The Bertz CT molecular complexity index is 596. The van der Waals surface area contributed by atoms with Gasteiger partial charge in [-0.05, 0) is 30.7 Å². The number of ether oxygens (including phenoxy) is 1. The Morgan fingerprint density at radius 1 is 1.21 bits per heavy atom. The van der Waals surface area contributed by atoms with Gasteiger partial charge < -0.3 is 4.74 Å². The molecule has 98 valence electrons. The molecule has 0 atom stereocenters. The van der Waals surface area contributed by atoms with E-state index < -0.39 is 4.92 Å². The number of nitro benzene ring substituents is 1. The standard InChI is InChI=1S/C14H12FNO3/c1-10-13(16(17)18)3-2-4-14(10)19-9-11-5-7-12(15)8-6-11/h2-8H,9H2,1H3. The Kier molecular flexibility index (Phi) is 3.75. The number of hydrogen-bond donors (Lipinski definition) is 0. The molecule has 0 heterocycles. The maximum absolute atomic E-state index is 12.7. The number of halogens is 1. The first-order valence-electron chi connectivity index (χ1n) is 5.69. The lowest BCUT2D eigenvalue weighted by Crippen LogP contribution is -1.99. The van der Waals surface area contributed by atoms with E-state index in [-0.39, 0.29) is 18.1 Å². The summed E-state index contributed by atoms with van der Waals surface area (Å²) in [5.41, 5.74) is 1.30. The van der Waals surface area contributed by atoms with E-state index in [4.69, 9.17) is 4.74 Å². The van der Waals surface area contributed by atoms with Gasteiger partial charge in [-0.25, -0.2) is 4.39 Å². The molecule has 0 unspecified atom stereocenters. The van der Waals surface area contributed by atoms with Crippen molar-refractivity contribution in [2.75, 3.05) is 0 Å². The van der Waals surface area contributed by atoms with Gasteiger partial charge in [0.1, 0.15) is 18.2 Å². The Balaban J connectivity index is 2.13. The topological polar surface area (TPSA) is 52.4 Å². The monoisotopic (exact) mass is 261 g/mol. The highest BCUT2D eigenvalue weighted by atomic mass is 19.1. The van der Waals surface area contributed by atoms with Crippen LogP contribution >= 0.6 is 0 Å². The molecular formula is C14H12FNO3. The zero-order valence-corrected chi connectivity index (χ0v) is 10.3. The van der Waals surface area contributed by atoms with E-state index in [0.29, 0.717) is 11.3 Å². The first kappa shape index (κ1) is 13.0. The highest BCUT2D eigenvalue weighted by molar-refractivity contribution is 5.48. The maximum Gasteiger partial charge on any atom is 0.276 e. The fourth-order valence-corrected chi connectivity index (χ4v) is 1.70. The Hall–Kier alpha value is -2.43. The van der Waals surface area contributed by atoms with Crippen LogP contribution in [0, 0.1) is 22.9 Å². The van der Waals surface area contributed by atoms with Gasteiger partial charge in [0.15, 0.2) is 0 Å². The molecule has 5 heteroatoms. The zero-order valence-electron chi connectivity index (χ0n) is 10.3. The summed E-state index contributed by atoms with van der Waals surface area (Å²) in [7, 11) is 0. The SMILES string of the molecule is Cc1c(OCc2ccc(F)cc2)cccc1[N+](=O)[O-]. The summed E-state index contributed by atoms with van der Waals surface area (Å²) < 4.78 is 18.3. The third-order valence-electron chi connectivity index (χ3n) is 2.76. The number of benzene rings is 2. The molecule has 2 aromatic rings. The van der Waals surface area contributed by atoms with E-state index in [2.05, 4.69) is 0 Å². The average molecular weight is 261 g/mol. The Labute approximate surface area is 109 Å². The van der Waals surface area contributed by atoms with Crippen LogP contribution in [0.1, 0.15) is 11.1 Å². The minimum atomic E-state index is -0.444. The Morgan fingerprint density at radius 2 is 1.89 bits per heavy atom. The smallest absolute Gasteiger partial charge is 0.276 e. The molecule has 0 radical (unpaired) electrons. The third kappa shape index (κ3) is 3.07. The number of nitro groups is 1. The van der Waals surface area contributed by atoms with E-state index in [9.17, 15) is 14.5 Å². The van der Waals surface area contributed by atoms with Crippen LogP contribution in [0.2, 0.25) is 0 Å². The van der Waals surface area contributed by atoms with Gasteiger partial charge in [-0.3, -0.25) is 10.1 Å². The van der Waals surface area contributed by atoms with Crippen molar-refractivity contribution in [2.24, 2.45) is 0 Å². The molecular weight excluding hydrogens is 249 g/mol. The highest BCUT2D eigenvalue weighted by Crippen LogP contribution is 2.27. The second-order valence-corrected chi connectivity index (χ2v) is 4.07. The first-order chi connectivity index (χ1) is 9.08. The van der Waals surface area contributed by atoms with Gasteiger partial charge >= 0.3 is 0 Å². The molecule has 4 nitrogen and oxygen atoms in total. The highest BCUT2D eigenvalue weighted by Gasteiger charge is 2.13. The first-order valence-corrected chi connectivity index (χ1v) is 5.69. The lowest BCUT2D eigenvalue weighted by molar-refractivity contribution is -0.385. The van der Waals surface area contributed by atoms with E-state index in [1.54, 1.807) is 31.2 Å². The molecule has 0 N–H and O–H groups in total. The van der Waals surface area contributed by atoms with Crippen molar-refractivity contribution >= 4 is 5.69 Å². The summed E-state index contributed by atoms with van der Waals surface area (Å²) in [6.07, 6.45) is 0. The third-order valence-corrected chi connectivity index (χ3v) is 2.76. The molecule has 0 bridgehead atoms. The van der Waals surface area contributed by atoms with E-state index in [1.165, 1.54) is 18.2 Å². The minimum Gasteiger partial charge on any atom is -0.488 e. The van der Waals surface area contributed by atoms with Crippen molar-refractivity contribution in [3.05, 3.63) is 69.5 Å². The summed E-state index contributed by atoms with van der Waals surface area (Å²) >= 11 is 0. The quantitative estimate of drug-likeness (QED) is 0.624. The molecule has 0 fully saturated rings. The molecule has 0 amide bonds. The molecule has 19 heavy (non-hydrogen) atoms. The fraction of sp³-hybridized carbons (Fsp3) is 0.143. The van der Waals surface area contributed by atoms with E-state index in [1.807, 2.05) is 0 Å². The zero-order chi connectivity index (χ0) is 13.8. The molecule has 0 saturated carbocycles. The van der Waals surface area contributed by atoms with Crippen molar-refractivity contribution in [3.8, 4) is 5.75 Å². The van der Waals surface area contributed by atoms with Crippen LogP contribution in [0.4, 0.5) is 10.1 Å². The van der Waals surface area contributed by atoms with Gasteiger partial charge in [-0.1, -0.05) is 18.2 Å². The van der Waals surface area contributed by atoms with Crippen LogP contribution in [-0.4, -0.2) is 4.92 Å². The fourth-order valence-electron chi connectivity index (χ4n) is 1.70. The van der Waals surface area contributed by atoms with Gasteiger partial charge in [-0.15, -0.1) is 0 Å². The maximum atomic E-state index is 12.7. The lowest BCUT2D eigenvalue weighted by atomic mass is 10.2. The largest absolute Gasteiger partial charge is 0.488 e. The molecule has 2 aromatic carbocycles. The molecule has 0 aliphatic rings. The van der Waals surface area contributed by atoms with Crippen LogP contribution < -0.4 is 4.74 Å². The van der Waals surface area contributed by atoms with Crippen molar-refractivity contribution < 1.29 is 14.1 Å². The van der Waals surface area contributed by atoms with Crippen molar-refractivity contribution in [2.45, 2.75) is 13.5 Å². The molecule has 0 spiro atoms. The summed E-state index contributed by atoms with van der Waals surface area (Å²) in [4.78, 5) is 10.3. The number of nitrogens with zero attached hydrogens (tertiary/aromatic N) is 1. The summed E-state index contributed by atoms with van der Waals surface area (Å²) in [5.74, 6) is 0.147. The molecule has 2 rings (SSSR count). The van der Waals surface area contributed by atoms with Crippen LogP contribution in [0.5, 0.6) is 5.75 Å². The predicted molar refractivity (Wildman–Crippen MR) is 68.6 cm³/mol. The molecule has 0 aromatic heterocycles. The minimum absolute atomic E-state index is 0.0246. The van der Waals surface area contributed by atoms with Crippen LogP contribution in [0.25, 0.3) is 0 Å². The van der Waals surface area contributed by atoms with Gasteiger partial charge in [0.25, 0.3) is 5.69 Å². The van der Waals surface area contributed by atoms with Crippen LogP contribution in [0.3, 0.4) is 0 Å². The van der Waals surface area contributed by atoms with Crippen molar-refractivity contribution in [3.63, 3.8) is 0 Å². The van der Waals surface area contributed by atoms with Gasteiger partial charge in [0.2, 0.25) is 0 Å². The van der Waals surface area contributed by atoms with Crippen molar-refractivity contribution in [1.82, 2.24) is 0 Å². The average Bonchev–Trinajstić information content (AvgIpc) is 2.39. The van der Waals surface area contributed by atoms with Gasteiger partial charge in [0.05, 0.1) is 10.5 Å². The second kappa shape index (κ2) is 5.48. The summed E-state index contributed by atoms with van der Waals surface area (Å²) in [6.45, 7) is 1.88. The van der Waals surface area contributed by atoms with Crippen LogP contribution in [0.15, 0.2) is 42.5 Å². The Morgan fingerprint density at radius 3 is 2.53 bits per heavy atom. The molecule has 0 aliphatic heterocycles. The van der Waals surface area contributed by atoms with Crippen LogP contribution in [-0.2, 0) is 6.61 Å². The predicted octanol–water partition coefficient (Wildman–Crippen LogP) is 3.62.